The smallest absolute Gasteiger partial charge is 0.275 e. The number of rotatable bonds is 3. The molecule has 0 aliphatic heterocycles. The standard InChI is InChI=1S/C9H11NO4/c1-6-3-8(10(12)13)7(5-11)4-9(6)14-2/h3-4,11H,5H2,1-2H3. The fourth-order valence-corrected chi connectivity index (χ4v) is 1.23. The van der Waals surface area contributed by atoms with Crippen molar-refractivity contribution in [1.82, 2.24) is 0 Å². The Morgan fingerprint density at radius 3 is 2.64 bits per heavy atom. The first-order chi connectivity index (χ1) is 6.60. The molecule has 1 aromatic carbocycles. The van der Waals surface area contributed by atoms with Crippen LogP contribution in [-0.4, -0.2) is 17.1 Å². The van der Waals surface area contributed by atoms with Crippen molar-refractivity contribution in [1.29, 1.82) is 0 Å². The number of aliphatic hydroxyl groups excluding tert-OH is 1. The fourth-order valence-electron chi connectivity index (χ4n) is 1.23. The van der Waals surface area contributed by atoms with Crippen molar-refractivity contribution >= 4 is 5.69 Å². The van der Waals surface area contributed by atoms with Crippen LogP contribution in [0.3, 0.4) is 0 Å². The van der Waals surface area contributed by atoms with Crippen LogP contribution in [0.25, 0.3) is 0 Å². The highest BCUT2D eigenvalue weighted by Crippen LogP contribution is 2.27. The third-order valence-electron chi connectivity index (χ3n) is 1.96. The molecule has 0 heterocycles. The molecule has 0 radical (unpaired) electrons. The van der Waals surface area contributed by atoms with Gasteiger partial charge in [-0.15, -0.1) is 0 Å². The topological polar surface area (TPSA) is 72.6 Å². The minimum atomic E-state index is -0.516. The summed E-state index contributed by atoms with van der Waals surface area (Å²) in [5, 5.41) is 19.5. The molecule has 0 unspecified atom stereocenters. The van der Waals surface area contributed by atoms with E-state index in [4.69, 9.17) is 9.84 Å². The first-order valence-corrected chi connectivity index (χ1v) is 4.03. The SMILES string of the molecule is COc1cc(CO)c([N+](=O)[O-])cc1C. The summed E-state index contributed by atoms with van der Waals surface area (Å²) in [5.41, 5.74) is 0.861. The van der Waals surface area contributed by atoms with E-state index in [2.05, 4.69) is 0 Å². The Bertz CT molecular complexity index is 362. The molecule has 0 saturated carbocycles. The van der Waals surface area contributed by atoms with Gasteiger partial charge >= 0.3 is 0 Å². The van der Waals surface area contributed by atoms with Gasteiger partial charge in [-0.2, -0.15) is 0 Å². The van der Waals surface area contributed by atoms with E-state index in [1.54, 1.807) is 6.92 Å². The van der Waals surface area contributed by atoms with E-state index in [-0.39, 0.29) is 17.9 Å². The number of nitro benzene ring substituents is 1. The zero-order valence-corrected chi connectivity index (χ0v) is 7.98. The minimum Gasteiger partial charge on any atom is -0.496 e. The maximum atomic E-state index is 10.6. The Labute approximate surface area is 81.1 Å². The van der Waals surface area contributed by atoms with E-state index in [1.807, 2.05) is 0 Å². The molecule has 0 spiro atoms. The van der Waals surface area contributed by atoms with Crippen LogP contribution in [0.5, 0.6) is 5.75 Å². The van der Waals surface area contributed by atoms with Crippen molar-refractivity contribution in [3.05, 3.63) is 33.4 Å². The molecule has 0 amide bonds. The van der Waals surface area contributed by atoms with Crippen LogP contribution in [0, 0.1) is 17.0 Å². The summed E-state index contributed by atoms with van der Waals surface area (Å²) in [6, 6.07) is 2.87. The Balaban J connectivity index is 3.31. The number of hydrogen-bond donors (Lipinski definition) is 1. The van der Waals surface area contributed by atoms with Crippen molar-refractivity contribution in [2.45, 2.75) is 13.5 Å². The summed E-state index contributed by atoms with van der Waals surface area (Å²) < 4.78 is 4.99. The fraction of sp³-hybridized carbons (Fsp3) is 0.333. The Kier molecular flexibility index (Phi) is 3.03. The molecule has 0 fully saturated rings. The van der Waals surface area contributed by atoms with E-state index in [9.17, 15) is 10.1 Å². The van der Waals surface area contributed by atoms with Gasteiger partial charge in [0.25, 0.3) is 5.69 Å². The van der Waals surface area contributed by atoms with Crippen molar-refractivity contribution in [2.24, 2.45) is 0 Å². The van der Waals surface area contributed by atoms with Gasteiger partial charge in [-0.1, -0.05) is 0 Å². The van der Waals surface area contributed by atoms with Gasteiger partial charge in [0.15, 0.2) is 0 Å². The van der Waals surface area contributed by atoms with Gasteiger partial charge in [-0.3, -0.25) is 10.1 Å². The number of ether oxygens (including phenoxy) is 1. The second-order valence-corrected chi connectivity index (χ2v) is 2.87. The highest BCUT2D eigenvalue weighted by Gasteiger charge is 2.15. The summed E-state index contributed by atoms with van der Waals surface area (Å²) in [4.78, 5) is 10.1. The lowest BCUT2D eigenvalue weighted by atomic mass is 10.1. The second-order valence-electron chi connectivity index (χ2n) is 2.87. The molecule has 0 aliphatic carbocycles. The van der Waals surface area contributed by atoms with E-state index in [0.717, 1.165) is 0 Å². The van der Waals surface area contributed by atoms with E-state index >= 15 is 0 Å². The average Bonchev–Trinajstić information content (AvgIpc) is 2.17. The maximum Gasteiger partial charge on any atom is 0.275 e. The monoisotopic (exact) mass is 197 g/mol. The summed E-state index contributed by atoms with van der Waals surface area (Å²) in [5.74, 6) is 0.541. The second kappa shape index (κ2) is 4.06. The van der Waals surface area contributed by atoms with Crippen molar-refractivity contribution in [3.8, 4) is 5.75 Å². The predicted octanol–water partition coefficient (Wildman–Crippen LogP) is 1.40. The lowest BCUT2D eigenvalue weighted by Gasteiger charge is -2.06. The van der Waals surface area contributed by atoms with Gasteiger partial charge in [-0.25, -0.2) is 0 Å². The largest absolute Gasteiger partial charge is 0.496 e. The molecule has 0 atom stereocenters. The predicted molar refractivity (Wildman–Crippen MR) is 50.3 cm³/mol. The maximum absolute atomic E-state index is 10.6. The van der Waals surface area contributed by atoms with Gasteiger partial charge in [0.05, 0.1) is 24.2 Å². The number of aliphatic hydroxyl groups is 1. The van der Waals surface area contributed by atoms with Crippen molar-refractivity contribution in [2.75, 3.05) is 7.11 Å². The molecule has 0 aliphatic rings. The number of nitrogens with zero attached hydrogens (tertiary/aromatic N) is 1. The van der Waals surface area contributed by atoms with Gasteiger partial charge in [0.2, 0.25) is 0 Å². The zero-order chi connectivity index (χ0) is 10.7. The van der Waals surface area contributed by atoms with Crippen LogP contribution in [0.4, 0.5) is 5.69 Å². The molecule has 0 bridgehead atoms. The molecule has 0 aromatic heterocycles. The van der Waals surface area contributed by atoms with Crippen LogP contribution in [0.1, 0.15) is 11.1 Å². The molecule has 76 valence electrons. The van der Waals surface area contributed by atoms with Crippen LogP contribution in [-0.2, 0) is 6.61 Å². The zero-order valence-electron chi connectivity index (χ0n) is 7.98. The molecular formula is C9H11NO4. The highest BCUT2D eigenvalue weighted by atomic mass is 16.6. The Morgan fingerprint density at radius 1 is 1.57 bits per heavy atom. The Hall–Kier alpha value is -1.62. The molecule has 5 heteroatoms. The molecule has 1 aromatic rings. The molecular weight excluding hydrogens is 186 g/mol. The molecule has 14 heavy (non-hydrogen) atoms. The Morgan fingerprint density at radius 2 is 2.21 bits per heavy atom. The van der Waals surface area contributed by atoms with E-state index in [1.165, 1.54) is 19.2 Å². The number of benzene rings is 1. The van der Waals surface area contributed by atoms with Crippen LogP contribution in [0.2, 0.25) is 0 Å². The van der Waals surface area contributed by atoms with Crippen molar-refractivity contribution < 1.29 is 14.8 Å². The first kappa shape index (κ1) is 10.5. The number of aryl methyl sites for hydroxylation is 1. The minimum absolute atomic E-state index is 0.0780. The normalized spacial score (nSPS) is 9.93. The van der Waals surface area contributed by atoms with Gasteiger partial charge < -0.3 is 9.84 Å². The summed E-state index contributed by atoms with van der Waals surface area (Å²) in [6.45, 7) is 1.35. The lowest BCUT2D eigenvalue weighted by Crippen LogP contribution is -1.98. The summed E-state index contributed by atoms with van der Waals surface area (Å²) in [6.07, 6.45) is 0. The average molecular weight is 197 g/mol. The van der Waals surface area contributed by atoms with Gasteiger partial charge in [-0.05, 0) is 18.6 Å². The van der Waals surface area contributed by atoms with E-state index in [0.29, 0.717) is 11.3 Å². The molecule has 0 saturated heterocycles. The molecule has 1 rings (SSSR count). The number of methoxy groups -OCH3 is 1. The number of hydrogen-bond acceptors (Lipinski definition) is 4. The number of nitro groups is 1. The molecule has 1 N–H and O–H groups in total. The highest BCUT2D eigenvalue weighted by molar-refractivity contribution is 5.49. The summed E-state index contributed by atoms with van der Waals surface area (Å²) in [7, 11) is 1.48. The van der Waals surface area contributed by atoms with Gasteiger partial charge in [0.1, 0.15) is 5.75 Å². The lowest BCUT2D eigenvalue weighted by molar-refractivity contribution is -0.385. The van der Waals surface area contributed by atoms with E-state index < -0.39 is 4.92 Å². The third-order valence-corrected chi connectivity index (χ3v) is 1.96. The van der Waals surface area contributed by atoms with Crippen molar-refractivity contribution in [3.63, 3.8) is 0 Å². The van der Waals surface area contributed by atoms with Crippen LogP contribution >= 0.6 is 0 Å². The van der Waals surface area contributed by atoms with Gasteiger partial charge in [0, 0.05) is 6.07 Å². The van der Waals surface area contributed by atoms with Crippen LogP contribution < -0.4 is 4.74 Å². The van der Waals surface area contributed by atoms with Crippen LogP contribution in [0.15, 0.2) is 12.1 Å². The molecule has 5 nitrogen and oxygen atoms in total. The summed E-state index contributed by atoms with van der Waals surface area (Å²) >= 11 is 0. The third kappa shape index (κ3) is 1.82. The quantitative estimate of drug-likeness (QED) is 0.587. The first-order valence-electron chi connectivity index (χ1n) is 4.03.